The van der Waals surface area contributed by atoms with Crippen molar-refractivity contribution in [2.75, 3.05) is 26.2 Å². The fraction of sp³-hybridized carbons (Fsp3) is 0.435. The summed E-state index contributed by atoms with van der Waals surface area (Å²) in [6, 6.07) is 17.4. The molecular weight excluding hydrogens is 320 g/mol. The number of hydrogen-bond acceptors (Lipinski definition) is 2. The molecule has 3 aliphatic rings. The lowest BCUT2D eigenvalue weighted by molar-refractivity contribution is -0.126. The standard InChI is InChI=1S/C23H28N2O/c1-3-25(4-2)14-13-24-23(26)21-15-20-16-9-5-7-11-18(16)22(21)19-12-8-6-10-17(19)20/h5-12,20-22H,3-4,13-15H2,1-2H3,(H,24,26). The molecule has 0 saturated heterocycles. The average Bonchev–Trinajstić information content (AvgIpc) is 2.71. The molecule has 0 aliphatic heterocycles. The molecule has 2 bridgehead atoms. The number of rotatable bonds is 6. The molecular formula is C23H28N2O. The Labute approximate surface area is 156 Å². The Kier molecular flexibility index (Phi) is 4.82. The van der Waals surface area contributed by atoms with E-state index in [1.54, 1.807) is 0 Å². The Morgan fingerprint density at radius 3 is 2.04 bits per heavy atom. The van der Waals surface area contributed by atoms with Crippen LogP contribution in [-0.2, 0) is 4.79 Å². The molecule has 0 fully saturated rings. The van der Waals surface area contributed by atoms with Gasteiger partial charge in [-0.15, -0.1) is 0 Å². The van der Waals surface area contributed by atoms with Crippen LogP contribution in [0.2, 0.25) is 0 Å². The maximum atomic E-state index is 13.0. The van der Waals surface area contributed by atoms with Crippen molar-refractivity contribution in [3.05, 3.63) is 70.8 Å². The molecule has 3 aliphatic carbocycles. The SMILES string of the molecule is CCN(CC)CCNC(=O)C1CC2c3ccccc3C1c1ccccc12. The number of hydrogen-bond donors (Lipinski definition) is 1. The van der Waals surface area contributed by atoms with Crippen LogP contribution in [0.15, 0.2) is 48.5 Å². The minimum Gasteiger partial charge on any atom is -0.355 e. The van der Waals surface area contributed by atoms with Gasteiger partial charge in [-0.25, -0.2) is 0 Å². The summed E-state index contributed by atoms with van der Waals surface area (Å²) in [5.41, 5.74) is 5.55. The van der Waals surface area contributed by atoms with Crippen LogP contribution in [-0.4, -0.2) is 37.0 Å². The van der Waals surface area contributed by atoms with Crippen LogP contribution in [0.4, 0.5) is 0 Å². The van der Waals surface area contributed by atoms with E-state index in [0.29, 0.717) is 5.92 Å². The Morgan fingerprint density at radius 1 is 0.962 bits per heavy atom. The van der Waals surface area contributed by atoms with Crippen molar-refractivity contribution in [1.29, 1.82) is 0 Å². The molecule has 1 atom stereocenters. The van der Waals surface area contributed by atoms with E-state index in [1.165, 1.54) is 22.3 Å². The predicted molar refractivity (Wildman–Crippen MR) is 105 cm³/mol. The number of amides is 1. The van der Waals surface area contributed by atoms with Crippen molar-refractivity contribution in [2.45, 2.75) is 32.1 Å². The van der Waals surface area contributed by atoms with E-state index in [9.17, 15) is 4.79 Å². The highest BCUT2D eigenvalue weighted by Gasteiger charge is 2.45. The first-order chi connectivity index (χ1) is 12.7. The lowest BCUT2D eigenvalue weighted by Crippen LogP contribution is -2.43. The lowest BCUT2D eigenvalue weighted by Gasteiger charge is -2.44. The van der Waals surface area contributed by atoms with Crippen LogP contribution in [0, 0.1) is 5.92 Å². The van der Waals surface area contributed by atoms with Gasteiger partial charge < -0.3 is 10.2 Å². The Hall–Kier alpha value is -2.13. The summed E-state index contributed by atoms with van der Waals surface area (Å²) in [5, 5.41) is 3.22. The fourth-order valence-corrected chi connectivity index (χ4v) is 4.90. The van der Waals surface area contributed by atoms with Crippen molar-refractivity contribution >= 4 is 5.91 Å². The zero-order chi connectivity index (χ0) is 18.1. The van der Waals surface area contributed by atoms with Crippen molar-refractivity contribution in [3.63, 3.8) is 0 Å². The number of nitrogens with one attached hydrogen (secondary N) is 1. The molecule has 0 spiro atoms. The third-order valence-corrected chi connectivity index (χ3v) is 6.26. The molecule has 3 heteroatoms. The summed E-state index contributed by atoms with van der Waals surface area (Å²) >= 11 is 0. The lowest BCUT2D eigenvalue weighted by atomic mass is 9.59. The van der Waals surface area contributed by atoms with E-state index in [0.717, 1.165) is 32.6 Å². The minimum atomic E-state index is 0.0431. The third kappa shape index (κ3) is 2.84. The fourth-order valence-electron chi connectivity index (χ4n) is 4.90. The summed E-state index contributed by atoms with van der Waals surface area (Å²) in [6.45, 7) is 8.05. The van der Waals surface area contributed by atoms with Crippen LogP contribution in [0.5, 0.6) is 0 Å². The number of carbonyl (C=O) groups is 1. The highest BCUT2D eigenvalue weighted by atomic mass is 16.1. The third-order valence-electron chi connectivity index (χ3n) is 6.26. The molecule has 0 aromatic heterocycles. The molecule has 0 heterocycles. The molecule has 2 aromatic rings. The summed E-state index contributed by atoms with van der Waals surface area (Å²) in [6.07, 6.45) is 0.926. The molecule has 5 rings (SSSR count). The van der Waals surface area contributed by atoms with E-state index >= 15 is 0 Å². The second kappa shape index (κ2) is 7.24. The summed E-state index contributed by atoms with van der Waals surface area (Å²) in [4.78, 5) is 15.4. The van der Waals surface area contributed by atoms with E-state index < -0.39 is 0 Å². The second-order valence-electron chi connectivity index (χ2n) is 7.45. The van der Waals surface area contributed by atoms with Gasteiger partial charge in [0.2, 0.25) is 5.91 Å². The van der Waals surface area contributed by atoms with Gasteiger partial charge in [-0.05, 0) is 41.8 Å². The van der Waals surface area contributed by atoms with Gasteiger partial charge >= 0.3 is 0 Å². The Bertz CT molecular complexity index is 749. The summed E-state index contributed by atoms with van der Waals surface area (Å²) in [5.74, 6) is 0.810. The molecule has 26 heavy (non-hydrogen) atoms. The molecule has 1 N–H and O–H groups in total. The van der Waals surface area contributed by atoms with E-state index in [-0.39, 0.29) is 17.7 Å². The maximum Gasteiger partial charge on any atom is 0.224 e. The number of carbonyl (C=O) groups excluding carboxylic acids is 1. The Balaban J connectivity index is 1.57. The first-order valence-electron chi connectivity index (χ1n) is 9.92. The van der Waals surface area contributed by atoms with E-state index in [4.69, 9.17) is 0 Å². The summed E-state index contributed by atoms with van der Waals surface area (Å²) < 4.78 is 0. The molecule has 3 nitrogen and oxygen atoms in total. The molecule has 0 saturated carbocycles. The zero-order valence-corrected chi connectivity index (χ0v) is 15.7. The van der Waals surface area contributed by atoms with Gasteiger partial charge in [0, 0.05) is 30.8 Å². The van der Waals surface area contributed by atoms with E-state index in [1.807, 2.05) is 0 Å². The molecule has 0 radical (unpaired) electrons. The van der Waals surface area contributed by atoms with Crippen LogP contribution in [0.1, 0.15) is 54.4 Å². The first kappa shape index (κ1) is 17.3. The quantitative estimate of drug-likeness (QED) is 0.862. The number of likely N-dealkylation sites (N-methyl/N-ethyl adjacent to an activating group) is 1. The zero-order valence-electron chi connectivity index (χ0n) is 15.7. The van der Waals surface area contributed by atoms with Gasteiger partial charge in [-0.3, -0.25) is 4.79 Å². The van der Waals surface area contributed by atoms with Gasteiger partial charge in [0.1, 0.15) is 0 Å². The number of nitrogens with zero attached hydrogens (tertiary/aromatic N) is 1. The molecule has 1 unspecified atom stereocenters. The Morgan fingerprint density at radius 2 is 1.50 bits per heavy atom. The first-order valence-corrected chi connectivity index (χ1v) is 9.92. The van der Waals surface area contributed by atoms with Crippen LogP contribution in [0.25, 0.3) is 0 Å². The average molecular weight is 348 g/mol. The van der Waals surface area contributed by atoms with Crippen molar-refractivity contribution in [1.82, 2.24) is 10.2 Å². The largest absolute Gasteiger partial charge is 0.355 e. The second-order valence-corrected chi connectivity index (χ2v) is 7.45. The van der Waals surface area contributed by atoms with Crippen molar-refractivity contribution < 1.29 is 4.79 Å². The highest BCUT2D eigenvalue weighted by molar-refractivity contribution is 5.82. The highest BCUT2D eigenvalue weighted by Crippen LogP contribution is 2.55. The van der Waals surface area contributed by atoms with Crippen molar-refractivity contribution in [3.8, 4) is 0 Å². The van der Waals surface area contributed by atoms with Gasteiger partial charge in [0.25, 0.3) is 0 Å². The van der Waals surface area contributed by atoms with Crippen molar-refractivity contribution in [2.24, 2.45) is 5.92 Å². The predicted octanol–water partition coefficient (Wildman–Crippen LogP) is 3.74. The summed E-state index contributed by atoms with van der Waals surface area (Å²) in [7, 11) is 0. The van der Waals surface area contributed by atoms with Gasteiger partial charge in [-0.1, -0.05) is 62.4 Å². The van der Waals surface area contributed by atoms with Gasteiger partial charge in [0.15, 0.2) is 0 Å². The van der Waals surface area contributed by atoms with E-state index in [2.05, 4.69) is 72.6 Å². The number of fused-ring (bicyclic) bond motifs is 1. The number of benzene rings is 2. The topological polar surface area (TPSA) is 32.3 Å². The van der Waals surface area contributed by atoms with Gasteiger partial charge in [0.05, 0.1) is 0 Å². The smallest absolute Gasteiger partial charge is 0.224 e. The normalized spacial score (nSPS) is 22.8. The molecule has 1 amide bonds. The maximum absolute atomic E-state index is 13.0. The van der Waals surface area contributed by atoms with Crippen LogP contribution >= 0.6 is 0 Å². The minimum absolute atomic E-state index is 0.0431. The monoisotopic (exact) mass is 348 g/mol. The molecule has 136 valence electrons. The van der Waals surface area contributed by atoms with Crippen LogP contribution in [0.3, 0.4) is 0 Å². The molecule has 2 aromatic carbocycles. The van der Waals surface area contributed by atoms with Gasteiger partial charge in [-0.2, -0.15) is 0 Å². The van der Waals surface area contributed by atoms with Crippen LogP contribution < -0.4 is 5.32 Å².